The van der Waals surface area contributed by atoms with E-state index in [2.05, 4.69) is 34.3 Å². The lowest BCUT2D eigenvalue weighted by atomic mass is 10.1. The first kappa shape index (κ1) is 15.8. The van der Waals surface area contributed by atoms with Crippen LogP contribution < -0.4 is 11.1 Å². The van der Waals surface area contributed by atoms with Crippen molar-refractivity contribution in [3.8, 4) is 11.5 Å². The summed E-state index contributed by atoms with van der Waals surface area (Å²) in [6.45, 7) is 2.48. The molecule has 1 heterocycles. The zero-order chi connectivity index (χ0) is 16.8. The van der Waals surface area contributed by atoms with E-state index < -0.39 is 0 Å². The molecule has 0 atom stereocenters. The molecule has 1 aromatic heterocycles. The number of oxazole rings is 1. The average Bonchev–Trinajstić information content (AvgIpc) is 3.10. The van der Waals surface area contributed by atoms with E-state index in [1.54, 1.807) is 6.26 Å². The van der Waals surface area contributed by atoms with Crippen LogP contribution in [0.3, 0.4) is 0 Å². The third-order valence-corrected chi connectivity index (χ3v) is 3.59. The highest BCUT2D eigenvalue weighted by atomic mass is 16.3. The number of aliphatic imine (C=N–C) groups is 1. The number of nitrogens with two attached hydrogens (primary N) is 1. The highest BCUT2D eigenvalue weighted by Gasteiger charge is 2.05. The molecule has 3 rings (SSSR count). The molecule has 5 nitrogen and oxygen atoms in total. The van der Waals surface area contributed by atoms with Gasteiger partial charge in [-0.3, -0.25) is 0 Å². The van der Waals surface area contributed by atoms with Gasteiger partial charge in [-0.05, 0) is 36.2 Å². The van der Waals surface area contributed by atoms with Crippen LogP contribution in [0.1, 0.15) is 18.2 Å². The average molecular weight is 320 g/mol. The Bertz CT molecular complexity index is 824. The molecule has 122 valence electrons. The van der Waals surface area contributed by atoms with E-state index in [1.165, 1.54) is 5.56 Å². The number of aromatic nitrogens is 1. The van der Waals surface area contributed by atoms with E-state index in [0.29, 0.717) is 18.4 Å². The Kier molecular flexibility index (Phi) is 4.91. The fraction of sp³-hybridized carbons (Fsp3) is 0.158. The van der Waals surface area contributed by atoms with Crippen LogP contribution in [0.5, 0.6) is 0 Å². The smallest absolute Gasteiger partial charge is 0.226 e. The van der Waals surface area contributed by atoms with Crippen molar-refractivity contribution in [2.45, 2.75) is 19.9 Å². The lowest BCUT2D eigenvalue weighted by molar-refractivity contribution is 0.572. The molecular weight excluding hydrogens is 300 g/mol. The van der Waals surface area contributed by atoms with Gasteiger partial charge in [-0.2, -0.15) is 0 Å². The Labute approximate surface area is 141 Å². The predicted molar refractivity (Wildman–Crippen MR) is 96.7 cm³/mol. The Morgan fingerprint density at radius 2 is 2.00 bits per heavy atom. The van der Waals surface area contributed by atoms with Gasteiger partial charge in [-0.25, -0.2) is 9.98 Å². The lowest BCUT2D eigenvalue weighted by Crippen LogP contribution is -2.22. The maximum atomic E-state index is 5.94. The molecule has 0 unspecified atom stereocenters. The van der Waals surface area contributed by atoms with Gasteiger partial charge < -0.3 is 15.5 Å². The molecule has 0 saturated heterocycles. The van der Waals surface area contributed by atoms with Gasteiger partial charge in [0.05, 0.1) is 6.54 Å². The molecule has 0 saturated carbocycles. The molecule has 3 aromatic rings. The monoisotopic (exact) mass is 320 g/mol. The molecule has 2 aromatic carbocycles. The Morgan fingerprint density at radius 3 is 2.79 bits per heavy atom. The normalized spacial score (nSPS) is 11.5. The molecule has 0 fully saturated rings. The fourth-order valence-corrected chi connectivity index (χ4v) is 2.32. The van der Waals surface area contributed by atoms with Crippen LogP contribution >= 0.6 is 0 Å². The van der Waals surface area contributed by atoms with Crippen molar-refractivity contribution in [1.82, 2.24) is 4.98 Å². The summed E-state index contributed by atoms with van der Waals surface area (Å²) in [5, 5.41) is 3.09. The van der Waals surface area contributed by atoms with Gasteiger partial charge in [0, 0.05) is 11.3 Å². The summed E-state index contributed by atoms with van der Waals surface area (Å²) < 4.78 is 5.49. The molecule has 5 heteroatoms. The molecular formula is C19H20N4O. The summed E-state index contributed by atoms with van der Waals surface area (Å²) >= 11 is 0. The van der Waals surface area contributed by atoms with Gasteiger partial charge in [-0.15, -0.1) is 0 Å². The van der Waals surface area contributed by atoms with Gasteiger partial charge in [0.25, 0.3) is 0 Å². The third-order valence-electron chi connectivity index (χ3n) is 3.59. The first-order valence-corrected chi connectivity index (χ1v) is 7.90. The zero-order valence-electron chi connectivity index (χ0n) is 13.6. The molecule has 24 heavy (non-hydrogen) atoms. The third kappa shape index (κ3) is 4.01. The summed E-state index contributed by atoms with van der Waals surface area (Å²) in [5.41, 5.74) is 9.80. The van der Waals surface area contributed by atoms with Crippen molar-refractivity contribution in [3.05, 3.63) is 72.1 Å². The first-order chi connectivity index (χ1) is 11.7. The number of rotatable bonds is 5. The van der Waals surface area contributed by atoms with Crippen LogP contribution in [0.2, 0.25) is 0 Å². The van der Waals surface area contributed by atoms with Crippen LogP contribution in [-0.2, 0) is 13.0 Å². The molecule has 0 aliphatic heterocycles. The van der Waals surface area contributed by atoms with Crippen molar-refractivity contribution < 1.29 is 4.42 Å². The lowest BCUT2D eigenvalue weighted by Gasteiger charge is -2.06. The van der Waals surface area contributed by atoms with Crippen molar-refractivity contribution in [2.24, 2.45) is 10.7 Å². The summed E-state index contributed by atoms with van der Waals surface area (Å²) in [6, 6.07) is 17.9. The second kappa shape index (κ2) is 7.46. The number of anilines is 1. The van der Waals surface area contributed by atoms with E-state index in [4.69, 9.17) is 10.2 Å². The van der Waals surface area contributed by atoms with Gasteiger partial charge in [0.2, 0.25) is 5.89 Å². The molecule has 3 N–H and O–H groups in total. The number of benzene rings is 2. The highest BCUT2D eigenvalue weighted by molar-refractivity contribution is 5.92. The van der Waals surface area contributed by atoms with Crippen LogP contribution in [0, 0.1) is 0 Å². The molecule has 0 bridgehead atoms. The standard InChI is InChI=1S/C19H20N4O/c1-2-14-7-6-10-16(11-14)23-19(20)21-12-17-13-24-18(22-17)15-8-4-3-5-9-15/h3-11,13H,2,12H2,1H3,(H3,20,21,23). The number of hydrogen-bond acceptors (Lipinski definition) is 3. The summed E-state index contributed by atoms with van der Waals surface area (Å²) in [4.78, 5) is 8.74. The van der Waals surface area contributed by atoms with Crippen molar-refractivity contribution in [1.29, 1.82) is 0 Å². The SMILES string of the molecule is CCc1cccc(NC(N)=NCc2coc(-c3ccccc3)n2)c1. The van der Waals surface area contributed by atoms with E-state index >= 15 is 0 Å². The fourth-order valence-electron chi connectivity index (χ4n) is 2.32. The molecule has 0 aliphatic rings. The van der Waals surface area contributed by atoms with Gasteiger partial charge in [0.15, 0.2) is 5.96 Å². The number of hydrogen-bond donors (Lipinski definition) is 2. The number of nitrogens with one attached hydrogen (secondary N) is 1. The van der Waals surface area contributed by atoms with Crippen LogP contribution in [-0.4, -0.2) is 10.9 Å². The topological polar surface area (TPSA) is 76.4 Å². The second-order valence-electron chi connectivity index (χ2n) is 5.39. The van der Waals surface area contributed by atoms with E-state index in [0.717, 1.165) is 23.4 Å². The Hall–Kier alpha value is -3.08. The molecule has 0 amide bonds. The van der Waals surface area contributed by atoms with Crippen molar-refractivity contribution >= 4 is 11.6 Å². The summed E-state index contributed by atoms with van der Waals surface area (Å²) in [5.74, 6) is 0.940. The molecule has 0 aliphatic carbocycles. The maximum absolute atomic E-state index is 5.94. The van der Waals surface area contributed by atoms with Gasteiger partial charge >= 0.3 is 0 Å². The summed E-state index contributed by atoms with van der Waals surface area (Å²) in [6.07, 6.45) is 2.59. The number of guanidine groups is 1. The highest BCUT2D eigenvalue weighted by Crippen LogP contribution is 2.18. The van der Waals surface area contributed by atoms with E-state index in [-0.39, 0.29) is 0 Å². The minimum atomic E-state index is 0.354. The van der Waals surface area contributed by atoms with E-state index in [1.807, 2.05) is 42.5 Å². The van der Waals surface area contributed by atoms with Crippen LogP contribution in [0.25, 0.3) is 11.5 Å². The minimum Gasteiger partial charge on any atom is -0.444 e. The zero-order valence-corrected chi connectivity index (χ0v) is 13.6. The van der Waals surface area contributed by atoms with Gasteiger partial charge in [0.1, 0.15) is 12.0 Å². The first-order valence-electron chi connectivity index (χ1n) is 7.90. The summed E-state index contributed by atoms with van der Waals surface area (Å²) in [7, 11) is 0. The van der Waals surface area contributed by atoms with Crippen LogP contribution in [0.4, 0.5) is 5.69 Å². The van der Waals surface area contributed by atoms with E-state index in [9.17, 15) is 0 Å². The molecule has 0 spiro atoms. The number of nitrogens with zero attached hydrogens (tertiary/aromatic N) is 2. The minimum absolute atomic E-state index is 0.354. The second-order valence-corrected chi connectivity index (χ2v) is 5.39. The maximum Gasteiger partial charge on any atom is 0.226 e. The largest absolute Gasteiger partial charge is 0.444 e. The van der Waals surface area contributed by atoms with Crippen LogP contribution in [0.15, 0.2) is 70.3 Å². The van der Waals surface area contributed by atoms with Gasteiger partial charge in [-0.1, -0.05) is 37.3 Å². The Balaban J connectivity index is 1.64. The molecule has 0 radical (unpaired) electrons. The van der Waals surface area contributed by atoms with Crippen molar-refractivity contribution in [3.63, 3.8) is 0 Å². The Morgan fingerprint density at radius 1 is 1.17 bits per heavy atom. The van der Waals surface area contributed by atoms with Crippen molar-refractivity contribution in [2.75, 3.05) is 5.32 Å². The predicted octanol–water partition coefficient (Wildman–Crippen LogP) is 3.83. The quantitative estimate of drug-likeness (QED) is 0.553. The number of aryl methyl sites for hydroxylation is 1.